The van der Waals surface area contributed by atoms with E-state index in [1.54, 1.807) is 0 Å². The molecule has 0 saturated heterocycles. The normalized spacial score (nSPS) is 11.8. The molecule has 0 saturated carbocycles. The summed E-state index contributed by atoms with van der Waals surface area (Å²) in [7, 11) is -0.263. The minimum atomic E-state index is -1.57. The van der Waals surface area contributed by atoms with Crippen LogP contribution in [0.5, 0.6) is 0 Å². The Morgan fingerprint density at radius 2 is 2.06 bits per heavy atom. The summed E-state index contributed by atoms with van der Waals surface area (Å²) in [6.07, 6.45) is 0. The van der Waals surface area contributed by atoms with Gasteiger partial charge in [0, 0.05) is 6.07 Å². The van der Waals surface area contributed by atoms with E-state index in [1.807, 2.05) is 6.07 Å². The van der Waals surface area contributed by atoms with E-state index in [-0.39, 0.29) is 5.69 Å². The fourth-order valence-electron chi connectivity index (χ4n) is 1.56. The number of carbonyl (C=O) groups is 1. The molecule has 0 N–H and O–H groups in total. The third kappa shape index (κ3) is 2.28. The lowest BCUT2D eigenvalue weighted by molar-refractivity contribution is 0.0594. The van der Waals surface area contributed by atoms with E-state index in [4.69, 9.17) is 16.0 Å². The molecule has 6 heteroatoms. The second-order valence-corrected chi connectivity index (χ2v) is 10.5. The predicted molar refractivity (Wildman–Crippen MR) is 73.3 cm³/mol. The van der Waals surface area contributed by atoms with Crippen LogP contribution in [0.25, 0.3) is 11.1 Å². The fourth-order valence-corrected chi connectivity index (χ4v) is 2.78. The number of aromatic nitrogens is 1. The molecule has 0 aliphatic rings. The first-order chi connectivity index (χ1) is 8.32. The second-order valence-electron chi connectivity index (χ2n) is 5.06. The maximum atomic E-state index is 11.4. The molecule has 2 aromatic rings. The summed E-state index contributed by atoms with van der Waals surface area (Å²) in [5.74, 6) is -0.505. The van der Waals surface area contributed by atoms with Crippen molar-refractivity contribution < 1.29 is 13.9 Å². The predicted octanol–water partition coefficient (Wildman–Crippen LogP) is 2.81. The molecule has 96 valence electrons. The summed E-state index contributed by atoms with van der Waals surface area (Å²) in [5, 5.41) is 1.29. The van der Waals surface area contributed by atoms with E-state index >= 15 is 0 Å². The summed E-state index contributed by atoms with van der Waals surface area (Å²) in [4.78, 5) is 15.7. The molecule has 0 aromatic carbocycles. The van der Waals surface area contributed by atoms with E-state index in [1.165, 1.54) is 13.2 Å². The highest BCUT2D eigenvalue weighted by Gasteiger charge is 2.23. The van der Waals surface area contributed by atoms with Crippen LogP contribution >= 0.6 is 11.6 Å². The van der Waals surface area contributed by atoms with E-state index in [2.05, 4.69) is 29.4 Å². The van der Waals surface area contributed by atoms with Crippen LogP contribution in [0.15, 0.2) is 16.5 Å². The molecule has 0 bridgehead atoms. The van der Waals surface area contributed by atoms with Crippen molar-refractivity contribution in [2.45, 2.75) is 19.6 Å². The average molecular weight is 284 g/mol. The molecular formula is C12H14ClNO3Si. The summed E-state index contributed by atoms with van der Waals surface area (Å²) in [6.45, 7) is 6.50. The maximum Gasteiger partial charge on any atom is 0.356 e. The van der Waals surface area contributed by atoms with Gasteiger partial charge < -0.3 is 9.15 Å². The van der Waals surface area contributed by atoms with Crippen molar-refractivity contribution >= 4 is 42.1 Å². The lowest BCUT2D eigenvalue weighted by atomic mass is 10.3. The summed E-state index contributed by atoms with van der Waals surface area (Å²) >= 11 is 6.10. The number of carbonyl (C=O) groups excluding carboxylic acids is 1. The van der Waals surface area contributed by atoms with Crippen LogP contribution in [0, 0.1) is 0 Å². The molecule has 0 aliphatic heterocycles. The van der Waals surface area contributed by atoms with Crippen molar-refractivity contribution in [3.8, 4) is 0 Å². The monoisotopic (exact) mass is 283 g/mol. The van der Waals surface area contributed by atoms with Crippen molar-refractivity contribution in [3.05, 3.63) is 22.8 Å². The fraction of sp³-hybridized carbons (Fsp3) is 0.333. The van der Waals surface area contributed by atoms with E-state index < -0.39 is 14.0 Å². The van der Waals surface area contributed by atoms with Crippen LogP contribution in [0.2, 0.25) is 24.7 Å². The first-order valence-electron chi connectivity index (χ1n) is 5.52. The molecule has 0 fully saturated rings. The van der Waals surface area contributed by atoms with Gasteiger partial charge >= 0.3 is 5.97 Å². The Hall–Kier alpha value is -1.33. The zero-order valence-corrected chi connectivity index (χ0v) is 12.5. The van der Waals surface area contributed by atoms with Crippen LogP contribution < -0.4 is 5.38 Å². The zero-order chi connectivity index (χ0) is 13.5. The lowest BCUT2D eigenvalue weighted by Gasteiger charge is -2.10. The van der Waals surface area contributed by atoms with Crippen molar-refractivity contribution in [2.75, 3.05) is 7.11 Å². The van der Waals surface area contributed by atoms with Gasteiger partial charge in [-0.25, -0.2) is 9.78 Å². The van der Waals surface area contributed by atoms with E-state index in [0.717, 1.165) is 5.38 Å². The van der Waals surface area contributed by atoms with E-state index in [9.17, 15) is 4.79 Å². The van der Waals surface area contributed by atoms with E-state index in [0.29, 0.717) is 16.1 Å². The Bertz CT molecular complexity index is 616. The quantitative estimate of drug-likeness (QED) is 0.628. The number of rotatable bonds is 2. The number of fused-ring (bicyclic) bond motifs is 1. The standard InChI is InChI=1S/C12H14ClNO3Si/c1-16-12(15)9-5-7(13)11-8(14-9)6-10(17-11)18(2,3)4/h5-6H,1-4H3. The second kappa shape index (κ2) is 4.40. The Morgan fingerprint density at radius 3 is 2.61 bits per heavy atom. The molecule has 2 rings (SSSR count). The zero-order valence-electron chi connectivity index (χ0n) is 10.7. The van der Waals surface area contributed by atoms with Gasteiger partial charge in [-0.15, -0.1) is 0 Å². The van der Waals surface area contributed by atoms with Gasteiger partial charge in [-0.05, 0) is 6.07 Å². The topological polar surface area (TPSA) is 52.3 Å². The smallest absolute Gasteiger partial charge is 0.356 e. The molecular weight excluding hydrogens is 270 g/mol. The summed E-state index contributed by atoms with van der Waals surface area (Å²) < 4.78 is 10.4. The van der Waals surface area contributed by atoms with Crippen molar-refractivity contribution in [3.63, 3.8) is 0 Å². The number of furan rings is 1. The van der Waals surface area contributed by atoms with Gasteiger partial charge in [0.25, 0.3) is 0 Å². The van der Waals surface area contributed by atoms with Crippen LogP contribution in [0.1, 0.15) is 10.5 Å². The van der Waals surface area contributed by atoms with Crippen molar-refractivity contribution in [1.29, 1.82) is 0 Å². The number of pyridine rings is 1. The first kappa shape index (κ1) is 13.1. The van der Waals surface area contributed by atoms with Gasteiger partial charge in [-0.2, -0.15) is 0 Å². The Labute approximate surface area is 111 Å². The molecule has 2 heterocycles. The van der Waals surface area contributed by atoms with Gasteiger partial charge in [0.2, 0.25) is 0 Å². The largest absolute Gasteiger partial charge is 0.464 e. The average Bonchev–Trinajstić information content (AvgIpc) is 2.72. The third-order valence-corrected chi connectivity index (χ3v) is 4.57. The van der Waals surface area contributed by atoms with Gasteiger partial charge in [-0.1, -0.05) is 31.2 Å². The highest BCUT2D eigenvalue weighted by molar-refractivity contribution is 6.87. The molecule has 0 unspecified atom stereocenters. The maximum absolute atomic E-state index is 11.4. The summed E-state index contributed by atoms with van der Waals surface area (Å²) in [5.41, 5.74) is 1.32. The lowest BCUT2D eigenvalue weighted by Crippen LogP contribution is -2.36. The number of halogens is 1. The Balaban J connectivity index is 2.63. The van der Waals surface area contributed by atoms with Crippen LogP contribution in [-0.2, 0) is 4.74 Å². The molecule has 0 aliphatic carbocycles. The molecule has 0 radical (unpaired) electrons. The molecule has 0 spiro atoms. The Morgan fingerprint density at radius 1 is 1.39 bits per heavy atom. The molecule has 0 atom stereocenters. The van der Waals surface area contributed by atoms with Crippen molar-refractivity contribution in [2.24, 2.45) is 0 Å². The number of hydrogen-bond acceptors (Lipinski definition) is 4. The number of nitrogens with zero attached hydrogens (tertiary/aromatic N) is 1. The van der Waals surface area contributed by atoms with Gasteiger partial charge in [-0.3, -0.25) is 0 Å². The van der Waals surface area contributed by atoms with Crippen LogP contribution in [0.3, 0.4) is 0 Å². The highest BCUT2D eigenvalue weighted by atomic mass is 35.5. The minimum Gasteiger partial charge on any atom is -0.464 e. The minimum absolute atomic E-state index is 0.193. The van der Waals surface area contributed by atoms with Gasteiger partial charge in [0.1, 0.15) is 13.6 Å². The van der Waals surface area contributed by atoms with Crippen molar-refractivity contribution in [1.82, 2.24) is 4.98 Å². The van der Waals surface area contributed by atoms with Gasteiger partial charge in [0.15, 0.2) is 11.3 Å². The number of esters is 1. The SMILES string of the molecule is COC(=O)c1cc(Cl)c2oc([Si](C)(C)C)cc2n1. The van der Waals surface area contributed by atoms with Crippen LogP contribution in [-0.4, -0.2) is 26.1 Å². The number of methoxy groups -OCH3 is 1. The number of ether oxygens (including phenoxy) is 1. The van der Waals surface area contributed by atoms with Crippen LogP contribution in [0.4, 0.5) is 0 Å². The summed E-state index contributed by atoms with van der Waals surface area (Å²) in [6, 6.07) is 3.33. The highest BCUT2D eigenvalue weighted by Crippen LogP contribution is 2.24. The number of hydrogen-bond donors (Lipinski definition) is 0. The first-order valence-corrected chi connectivity index (χ1v) is 9.39. The Kier molecular flexibility index (Phi) is 3.21. The molecule has 2 aromatic heterocycles. The molecule has 4 nitrogen and oxygen atoms in total. The van der Waals surface area contributed by atoms with Gasteiger partial charge in [0.05, 0.1) is 17.5 Å². The molecule has 18 heavy (non-hydrogen) atoms. The molecule has 0 amide bonds. The third-order valence-electron chi connectivity index (χ3n) is 2.57.